The molecule has 0 aliphatic carbocycles. The van der Waals surface area contributed by atoms with Crippen LogP contribution < -0.4 is 5.32 Å². The fourth-order valence-corrected chi connectivity index (χ4v) is 3.67. The Hall–Kier alpha value is -2.07. The maximum atomic E-state index is 6.30. The number of nitrogens with one attached hydrogen (secondary N) is 1. The Bertz CT molecular complexity index is 857. The Morgan fingerprint density at radius 2 is 1.32 bits per heavy atom. The average Bonchev–Trinajstić information content (AvgIpc) is 2.71. The van der Waals surface area contributed by atoms with E-state index in [1.165, 1.54) is 11.1 Å². The lowest BCUT2D eigenvalue weighted by molar-refractivity contribution is 0.432. The monoisotopic (exact) mass is 428 g/mol. The van der Waals surface area contributed by atoms with Crippen molar-refractivity contribution in [3.8, 4) is 0 Å². The van der Waals surface area contributed by atoms with Gasteiger partial charge in [0.15, 0.2) is 5.11 Å². The highest BCUT2D eigenvalue weighted by Crippen LogP contribution is 2.25. The van der Waals surface area contributed by atoms with Gasteiger partial charge in [0.25, 0.3) is 0 Å². The summed E-state index contributed by atoms with van der Waals surface area (Å²) in [5, 5.41) is 5.10. The minimum atomic E-state index is 0.556. The maximum Gasteiger partial charge on any atom is 0.173 e. The van der Waals surface area contributed by atoms with Crippen LogP contribution in [0.2, 0.25) is 10.0 Å². The summed E-state index contributed by atoms with van der Waals surface area (Å²) in [6, 6.07) is 26.2. The van der Waals surface area contributed by atoms with E-state index in [0.717, 1.165) is 31.6 Å². The van der Waals surface area contributed by atoms with Gasteiger partial charge in [0, 0.05) is 18.1 Å². The summed E-state index contributed by atoms with van der Waals surface area (Å²) in [5.41, 5.74) is 3.35. The zero-order chi connectivity index (χ0) is 19.8. The highest BCUT2D eigenvalue weighted by atomic mass is 35.5. The van der Waals surface area contributed by atoms with E-state index in [-0.39, 0.29) is 0 Å². The molecule has 0 fully saturated rings. The van der Waals surface area contributed by atoms with E-state index in [9.17, 15) is 0 Å². The van der Waals surface area contributed by atoms with Gasteiger partial charge in [0.2, 0.25) is 0 Å². The Labute approximate surface area is 182 Å². The molecule has 0 bridgehead atoms. The molecular weight excluding hydrogens is 407 g/mol. The highest BCUT2D eigenvalue weighted by molar-refractivity contribution is 7.80. The summed E-state index contributed by atoms with van der Waals surface area (Å²) >= 11 is 18.0. The molecule has 0 aliphatic heterocycles. The molecule has 0 radical (unpaired) electrons. The number of halogens is 2. The Morgan fingerprint density at radius 3 is 1.82 bits per heavy atom. The van der Waals surface area contributed by atoms with E-state index in [0.29, 0.717) is 15.2 Å². The van der Waals surface area contributed by atoms with Crippen LogP contribution in [0.4, 0.5) is 5.69 Å². The summed E-state index contributed by atoms with van der Waals surface area (Å²) in [5.74, 6) is 0. The first kappa shape index (κ1) is 20.7. The van der Waals surface area contributed by atoms with E-state index in [1.54, 1.807) is 12.1 Å². The number of thiocarbonyl (C=S) groups is 1. The largest absolute Gasteiger partial charge is 0.348 e. The number of hydrogen-bond donors (Lipinski definition) is 1. The molecule has 0 atom stereocenters. The molecule has 3 aromatic carbocycles. The lowest BCUT2D eigenvalue weighted by Gasteiger charge is -2.26. The molecule has 0 unspecified atom stereocenters. The summed E-state index contributed by atoms with van der Waals surface area (Å²) in [4.78, 5) is 2.19. The molecule has 5 heteroatoms. The SMILES string of the molecule is S=C(Nc1ccc(Cl)cc1Cl)N(CCc1ccccc1)CCc1ccccc1. The second-order valence-electron chi connectivity index (χ2n) is 6.51. The molecule has 3 rings (SSSR count). The van der Waals surface area contributed by atoms with Crippen LogP contribution >= 0.6 is 35.4 Å². The first-order valence-corrected chi connectivity index (χ1v) is 10.4. The maximum absolute atomic E-state index is 6.30. The fraction of sp³-hybridized carbons (Fsp3) is 0.174. The van der Waals surface area contributed by atoms with Gasteiger partial charge in [-0.3, -0.25) is 0 Å². The van der Waals surface area contributed by atoms with Crippen molar-refractivity contribution in [2.45, 2.75) is 12.8 Å². The number of benzene rings is 3. The van der Waals surface area contributed by atoms with Crippen LogP contribution in [-0.4, -0.2) is 23.1 Å². The molecule has 0 spiro atoms. The predicted octanol–water partition coefficient (Wildman–Crippen LogP) is 6.48. The third-order valence-electron chi connectivity index (χ3n) is 4.49. The van der Waals surface area contributed by atoms with Crippen molar-refractivity contribution in [2.24, 2.45) is 0 Å². The first-order chi connectivity index (χ1) is 13.6. The molecule has 0 aliphatic rings. The van der Waals surface area contributed by atoms with Crippen molar-refractivity contribution in [3.05, 3.63) is 100 Å². The lowest BCUT2D eigenvalue weighted by Crippen LogP contribution is -2.37. The van der Waals surface area contributed by atoms with Gasteiger partial charge in [0.05, 0.1) is 10.7 Å². The van der Waals surface area contributed by atoms with Gasteiger partial charge in [-0.15, -0.1) is 0 Å². The summed E-state index contributed by atoms with van der Waals surface area (Å²) in [6.07, 6.45) is 1.84. The highest BCUT2D eigenvalue weighted by Gasteiger charge is 2.12. The second kappa shape index (κ2) is 10.5. The van der Waals surface area contributed by atoms with Crippen molar-refractivity contribution in [3.63, 3.8) is 0 Å². The van der Waals surface area contributed by atoms with Crippen LogP contribution in [0.15, 0.2) is 78.9 Å². The lowest BCUT2D eigenvalue weighted by atomic mass is 10.1. The van der Waals surface area contributed by atoms with Crippen LogP contribution in [0, 0.1) is 0 Å². The van der Waals surface area contributed by atoms with Crippen LogP contribution in [0.25, 0.3) is 0 Å². The van der Waals surface area contributed by atoms with E-state index >= 15 is 0 Å². The number of anilines is 1. The standard InChI is InChI=1S/C23H22Cl2N2S/c24-20-11-12-22(21(25)17-20)26-23(28)27(15-13-18-7-3-1-4-8-18)16-14-19-9-5-2-6-10-19/h1-12,17H,13-16H2,(H,26,28). The van der Waals surface area contributed by atoms with Crippen molar-refractivity contribution in [2.75, 3.05) is 18.4 Å². The van der Waals surface area contributed by atoms with Crippen LogP contribution in [-0.2, 0) is 12.8 Å². The van der Waals surface area contributed by atoms with Gasteiger partial charge in [0.1, 0.15) is 0 Å². The molecule has 144 valence electrons. The zero-order valence-corrected chi connectivity index (χ0v) is 17.8. The Kier molecular flexibility index (Phi) is 7.72. The van der Waals surface area contributed by atoms with Crippen molar-refractivity contribution < 1.29 is 0 Å². The van der Waals surface area contributed by atoms with E-state index in [1.807, 2.05) is 18.2 Å². The van der Waals surface area contributed by atoms with Gasteiger partial charge in [-0.1, -0.05) is 83.9 Å². The summed E-state index contributed by atoms with van der Waals surface area (Å²) < 4.78 is 0. The smallest absolute Gasteiger partial charge is 0.173 e. The van der Waals surface area contributed by atoms with Gasteiger partial charge in [-0.2, -0.15) is 0 Å². The van der Waals surface area contributed by atoms with E-state index in [2.05, 4.69) is 58.7 Å². The normalized spacial score (nSPS) is 10.5. The first-order valence-electron chi connectivity index (χ1n) is 9.20. The quantitative estimate of drug-likeness (QED) is 0.433. The van der Waals surface area contributed by atoms with Crippen LogP contribution in [0.5, 0.6) is 0 Å². The van der Waals surface area contributed by atoms with E-state index < -0.39 is 0 Å². The fourth-order valence-electron chi connectivity index (χ4n) is 2.92. The van der Waals surface area contributed by atoms with Gasteiger partial charge in [-0.05, 0) is 54.4 Å². The van der Waals surface area contributed by atoms with Crippen molar-refractivity contribution in [1.82, 2.24) is 4.90 Å². The molecule has 1 N–H and O–H groups in total. The molecule has 3 aromatic rings. The third kappa shape index (κ3) is 6.23. The van der Waals surface area contributed by atoms with Crippen molar-refractivity contribution in [1.29, 1.82) is 0 Å². The Balaban J connectivity index is 1.68. The third-order valence-corrected chi connectivity index (χ3v) is 5.39. The summed E-state index contributed by atoms with van der Waals surface area (Å²) in [6.45, 7) is 1.65. The molecule has 0 saturated heterocycles. The molecule has 2 nitrogen and oxygen atoms in total. The number of rotatable bonds is 7. The van der Waals surface area contributed by atoms with Crippen LogP contribution in [0.3, 0.4) is 0 Å². The second-order valence-corrected chi connectivity index (χ2v) is 7.74. The molecule has 0 aromatic heterocycles. The molecule has 0 heterocycles. The summed E-state index contributed by atoms with van der Waals surface area (Å²) in [7, 11) is 0. The predicted molar refractivity (Wildman–Crippen MR) is 125 cm³/mol. The van der Waals surface area contributed by atoms with Gasteiger partial charge < -0.3 is 10.2 Å². The van der Waals surface area contributed by atoms with Gasteiger partial charge >= 0.3 is 0 Å². The minimum Gasteiger partial charge on any atom is -0.348 e. The zero-order valence-electron chi connectivity index (χ0n) is 15.4. The van der Waals surface area contributed by atoms with Crippen LogP contribution in [0.1, 0.15) is 11.1 Å². The molecule has 28 heavy (non-hydrogen) atoms. The number of hydrogen-bond acceptors (Lipinski definition) is 1. The molecular formula is C23H22Cl2N2S. The average molecular weight is 429 g/mol. The van der Waals surface area contributed by atoms with Gasteiger partial charge in [-0.25, -0.2) is 0 Å². The Morgan fingerprint density at radius 1 is 0.786 bits per heavy atom. The topological polar surface area (TPSA) is 15.3 Å². The van der Waals surface area contributed by atoms with Crippen molar-refractivity contribution >= 4 is 46.2 Å². The number of nitrogens with zero attached hydrogens (tertiary/aromatic N) is 1. The minimum absolute atomic E-state index is 0.556. The molecule has 0 amide bonds. The van der Waals surface area contributed by atoms with E-state index in [4.69, 9.17) is 35.4 Å². The molecule has 0 saturated carbocycles.